The Morgan fingerprint density at radius 2 is 1.67 bits per heavy atom. The number of anilines is 1. The van der Waals surface area contributed by atoms with Crippen molar-refractivity contribution in [2.45, 2.75) is 20.8 Å². The van der Waals surface area contributed by atoms with Crippen LogP contribution in [0.2, 0.25) is 0 Å². The van der Waals surface area contributed by atoms with Gasteiger partial charge >= 0.3 is 0 Å². The van der Waals surface area contributed by atoms with E-state index in [1.54, 1.807) is 6.07 Å². The normalized spacial score (nSPS) is 10.4. The second-order valence-electron chi connectivity index (χ2n) is 4.48. The molecule has 0 aliphatic heterocycles. The summed E-state index contributed by atoms with van der Waals surface area (Å²) in [6.45, 7) is 5.96. The molecule has 2 rings (SSSR count). The molecular weight excluding hydrogens is 229 g/mol. The topological polar surface area (TPSA) is 35.2 Å². The van der Waals surface area contributed by atoms with E-state index in [-0.39, 0.29) is 0 Å². The first-order chi connectivity index (χ1) is 8.47. The zero-order chi connectivity index (χ0) is 13.3. The van der Waals surface area contributed by atoms with Crippen LogP contribution < -0.4 is 10.5 Å². The van der Waals surface area contributed by atoms with Crippen LogP contribution in [-0.4, -0.2) is 0 Å². The van der Waals surface area contributed by atoms with E-state index in [0.29, 0.717) is 11.4 Å². The monoisotopic (exact) mass is 245 g/mol. The molecule has 0 bridgehead atoms. The van der Waals surface area contributed by atoms with Crippen molar-refractivity contribution in [3.05, 3.63) is 52.8 Å². The van der Waals surface area contributed by atoms with E-state index in [1.807, 2.05) is 32.9 Å². The van der Waals surface area contributed by atoms with Crippen LogP contribution in [0.3, 0.4) is 0 Å². The molecule has 3 heteroatoms. The third-order valence-corrected chi connectivity index (χ3v) is 2.99. The lowest BCUT2D eigenvalue weighted by Gasteiger charge is -2.14. The Balaban J connectivity index is 2.42. The van der Waals surface area contributed by atoms with E-state index >= 15 is 0 Å². The molecule has 0 atom stereocenters. The highest BCUT2D eigenvalue weighted by atomic mass is 19.1. The molecule has 0 radical (unpaired) electrons. The van der Waals surface area contributed by atoms with Crippen molar-refractivity contribution in [1.82, 2.24) is 0 Å². The molecule has 0 aliphatic carbocycles. The maximum atomic E-state index is 13.3. The summed E-state index contributed by atoms with van der Waals surface area (Å²) in [7, 11) is 0. The van der Waals surface area contributed by atoms with E-state index in [2.05, 4.69) is 0 Å². The maximum absolute atomic E-state index is 13.3. The van der Waals surface area contributed by atoms with Crippen LogP contribution in [-0.2, 0) is 0 Å². The fourth-order valence-corrected chi connectivity index (χ4v) is 1.84. The first-order valence-electron chi connectivity index (χ1n) is 5.78. The van der Waals surface area contributed by atoms with Gasteiger partial charge in [0.05, 0.1) is 0 Å². The Labute approximate surface area is 106 Å². The molecule has 0 heterocycles. The number of nitrogens with two attached hydrogens (primary N) is 1. The molecule has 2 N–H and O–H groups in total. The predicted molar refractivity (Wildman–Crippen MR) is 71.5 cm³/mol. The van der Waals surface area contributed by atoms with Crippen LogP contribution in [0.25, 0.3) is 0 Å². The molecule has 0 amide bonds. The largest absolute Gasteiger partial charge is 0.457 e. The van der Waals surface area contributed by atoms with Gasteiger partial charge in [-0.15, -0.1) is 0 Å². The highest BCUT2D eigenvalue weighted by molar-refractivity contribution is 5.50. The van der Waals surface area contributed by atoms with Gasteiger partial charge in [-0.1, -0.05) is 12.1 Å². The summed E-state index contributed by atoms with van der Waals surface area (Å²) < 4.78 is 19.0. The van der Waals surface area contributed by atoms with Crippen molar-refractivity contribution < 1.29 is 9.13 Å². The number of ether oxygens (including phenoxy) is 1. The highest BCUT2D eigenvalue weighted by Gasteiger charge is 2.08. The van der Waals surface area contributed by atoms with Gasteiger partial charge in [-0.3, -0.25) is 0 Å². The molecule has 0 fully saturated rings. The Kier molecular flexibility index (Phi) is 3.24. The lowest BCUT2D eigenvalue weighted by Crippen LogP contribution is -1.95. The van der Waals surface area contributed by atoms with Gasteiger partial charge in [-0.25, -0.2) is 4.39 Å². The number of halogens is 1. The molecule has 0 aliphatic rings. The summed E-state index contributed by atoms with van der Waals surface area (Å²) in [5.74, 6) is 0.789. The lowest BCUT2D eigenvalue weighted by molar-refractivity contribution is 0.469. The second kappa shape index (κ2) is 4.69. The molecule has 2 aromatic carbocycles. The number of hydrogen-bond acceptors (Lipinski definition) is 2. The second-order valence-corrected chi connectivity index (χ2v) is 4.48. The summed E-state index contributed by atoms with van der Waals surface area (Å²) in [5.41, 5.74) is 9.16. The SMILES string of the molecule is Cc1ccc(C)c(Oc2cc(N)cc(F)c2)c1C. The minimum absolute atomic E-state index is 0.355. The zero-order valence-corrected chi connectivity index (χ0v) is 10.8. The smallest absolute Gasteiger partial charge is 0.133 e. The fraction of sp³-hybridized carbons (Fsp3) is 0.200. The number of rotatable bonds is 2. The zero-order valence-electron chi connectivity index (χ0n) is 10.8. The first kappa shape index (κ1) is 12.4. The highest BCUT2D eigenvalue weighted by Crippen LogP contribution is 2.31. The van der Waals surface area contributed by atoms with E-state index in [1.165, 1.54) is 12.1 Å². The minimum Gasteiger partial charge on any atom is -0.457 e. The summed E-state index contributed by atoms with van der Waals surface area (Å²) in [6.07, 6.45) is 0. The van der Waals surface area contributed by atoms with Crippen LogP contribution in [0, 0.1) is 26.6 Å². The summed E-state index contributed by atoms with van der Waals surface area (Å²) >= 11 is 0. The van der Waals surface area contributed by atoms with Crippen molar-refractivity contribution in [2.24, 2.45) is 0 Å². The van der Waals surface area contributed by atoms with E-state index in [0.717, 1.165) is 22.4 Å². The molecular formula is C15H16FNO. The maximum Gasteiger partial charge on any atom is 0.133 e. The van der Waals surface area contributed by atoms with Gasteiger partial charge in [-0.2, -0.15) is 0 Å². The lowest BCUT2D eigenvalue weighted by atomic mass is 10.1. The van der Waals surface area contributed by atoms with E-state index < -0.39 is 5.82 Å². The average Bonchev–Trinajstić information content (AvgIpc) is 2.28. The molecule has 0 spiro atoms. The van der Waals surface area contributed by atoms with Gasteiger partial charge in [0.25, 0.3) is 0 Å². The molecule has 0 unspecified atom stereocenters. The Bertz CT molecular complexity index is 573. The van der Waals surface area contributed by atoms with E-state index in [4.69, 9.17) is 10.5 Å². The summed E-state index contributed by atoms with van der Waals surface area (Å²) in [5, 5.41) is 0. The van der Waals surface area contributed by atoms with Gasteiger partial charge in [0.15, 0.2) is 0 Å². The first-order valence-corrected chi connectivity index (χ1v) is 5.78. The Morgan fingerprint density at radius 1 is 1.00 bits per heavy atom. The van der Waals surface area contributed by atoms with Gasteiger partial charge in [0.1, 0.15) is 17.3 Å². The number of nitrogen functional groups attached to an aromatic ring is 1. The minimum atomic E-state index is -0.395. The molecule has 2 nitrogen and oxygen atoms in total. The number of hydrogen-bond donors (Lipinski definition) is 1. The van der Waals surface area contributed by atoms with Crippen LogP contribution in [0.4, 0.5) is 10.1 Å². The summed E-state index contributed by atoms with van der Waals surface area (Å²) in [4.78, 5) is 0. The quantitative estimate of drug-likeness (QED) is 0.807. The standard InChI is InChI=1S/C15H16FNO/c1-9-4-5-10(2)15(11(9)3)18-14-7-12(16)6-13(17)8-14/h4-8H,17H2,1-3H3. The predicted octanol–water partition coefficient (Wildman–Crippen LogP) is 4.13. The van der Waals surface area contributed by atoms with Gasteiger partial charge in [-0.05, 0) is 43.5 Å². The third kappa shape index (κ3) is 2.45. The van der Waals surface area contributed by atoms with Crippen molar-refractivity contribution in [1.29, 1.82) is 0 Å². The van der Waals surface area contributed by atoms with Crippen LogP contribution in [0.15, 0.2) is 30.3 Å². The Hall–Kier alpha value is -2.03. The number of aryl methyl sites for hydroxylation is 2. The van der Waals surface area contributed by atoms with Crippen molar-refractivity contribution in [3.63, 3.8) is 0 Å². The molecule has 0 saturated heterocycles. The van der Waals surface area contributed by atoms with Crippen LogP contribution in [0.5, 0.6) is 11.5 Å². The fourth-order valence-electron chi connectivity index (χ4n) is 1.84. The van der Waals surface area contributed by atoms with Gasteiger partial charge < -0.3 is 10.5 Å². The summed E-state index contributed by atoms with van der Waals surface area (Å²) in [6, 6.07) is 8.24. The molecule has 18 heavy (non-hydrogen) atoms. The van der Waals surface area contributed by atoms with Crippen LogP contribution in [0.1, 0.15) is 16.7 Å². The van der Waals surface area contributed by atoms with Crippen molar-refractivity contribution >= 4 is 5.69 Å². The van der Waals surface area contributed by atoms with E-state index in [9.17, 15) is 4.39 Å². The average molecular weight is 245 g/mol. The van der Waals surface area contributed by atoms with Crippen molar-refractivity contribution in [3.8, 4) is 11.5 Å². The molecule has 0 aromatic heterocycles. The molecule has 0 saturated carbocycles. The third-order valence-electron chi connectivity index (χ3n) is 2.99. The Morgan fingerprint density at radius 3 is 2.33 bits per heavy atom. The molecule has 2 aromatic rings. The molecule has 94 valence electrons. The number of benzene rings is 2. The van der Waals surface area contributed by atoms with Crippen molar-refractivity contribution in [2.75, 3.05) is 5.73 Å². The van der Waals surface area contributed by atoms with Gasteiger partial charge in [0.2, 0.25) is 0 Å². The van der Waals surface area contributed by atoms with Gasteiger partial charge in [0, 0.05) is 17.8 Å². The van der Waals surface area contributed by atoms with Crippen LogP contribution >= 0.6 is 0 Å².